The molecular formula is C12H14O3. The Kier molecular flexibility index (Phi) is 4.41. The van der Waals surface area contributed by atoms with Crippen LogP contribution in [-0.4, -0.2) is 20.2 Å². The van der Waals surface area contributed by atoms with E-state index in [0.717, 1.165) is 11.3 Å². The van der Waals surface area contributed by atoms with Crippen molar-refractivity contribution in [2.24, 2.45) is 0 Å². The number of ether oxygens (including phenoxy) is 2. The lowest BCUT2D eigenvalue weighted by Crippen LogP contribution is -1.96. The Balaban J connectivity index is 2.67. The molecule has 0 aliphatic carbocycles. The van der Waals surface area contributed by atoms with Crippen molar-refractivity contribution in [2.75, 3.05) is 14.2 Å². The summed E-state index contributed by atoms with van der Waals surface area (Å²) in [5.74, 6) is 0.541. The highest BCUT2D eigenvalue weighted by atomic mass is 16.5. The second-order valence-corrected chi connectivity index (χ2v) is 2.92. The standard InChI is InChI=1S/C12H14O3/c1-14-11-8-4-3-6-10(11)7-5-9-12(13)15-2/h3-8H,9H2,1-2H3. The predicted molar refractivity (Wildman–Crippen MR) is 58.7 cm³/mol. The van der Waals surface area contributed by atoms with Gasteiger partial charge in [0.25, 0.3) is 0 Å². The van der Waals surface area contributed by atoms with Gasteiger partial charge in [0, 0.05) is 5.56 Å². The maximum Gasteiger partial charge on any atom is 0.309 e. The minimum atomic E-state index is -0.249. The van der Waals surface area contributed by atoms with E-state index < -0.39 is 0 Å². The summed E-state index contributed by atoms with van der Waals surface area (Å²) in [6.45, 7) is 0. The van der Waals surface area contributed by atoms with Crippen LogP contribution in [0.25, 0.3) is 6.08 Å². The zero-order valence-electron chi connectivity index (χ0n) is 8.90. The van der Waals surface area contributed by atoms with Crippen LogP contribution in [-0.2, 0) is 9.53 Å². The number of rotatable bonds is 4. The van der Waals surface area contributed by atoms with Gasteiger partial charge in [0.05, 0.1) is 20.6 Å². The maximum atomic E-state index is 10.9. The Morgan fingerprint density at radius 3 is 2.73 bits per heavy atom. The lowest BCUT2D eigenvalue weighted by molar-refractivity contribution is -0.139. The van der Waals surface area contributed by atoms with Crippen LogP contribution in [0.3, 0.4) is 0 Å². The molecule has 0 heterocycles. The number of carbonyl (C=O) groups excluding carboxylic acids is 1. The molecule has 0 amide bonds. The van der Waals surface area contributed by atoms with Gasteiger partial charge in [0.15, 0.2) is 0 Å². The fourth-order valence-electron chi connectivity index (χ4n) is 1.17. The molecule has 1 aromatic carbocycles. The SMILES string of the molecule is COC(=O)CC=Cc1ccccc1OC. The monoisotopic (exact) mass is 206 g/mol. The molecule has 0 spiro atoms. The van der Waals surface area contributed by atoms with Crippen molar-refractivity contribution in [3.8, 4) is 5.75 Å². The molecule has 1 rings (SSSR count). The van der Waals surface area contributed by atoms with Crippen molar-refractivity contribution in [2.45, 2.75) is 6.42 Å². The first-order valence-corrected chi connectivity index (χ1v) is 4.64. The van der Waals surface area contributed by atoms with Crippen LogP contribution in [0.2, 0.25) is 0 Å². The minimum Gasteiger partial charge on any atom is -0.496 e. The van der Waals surface area contributed by atoms with Gasteiger partial charge in [-0.15, -0.1) is 0 Å². The summed E-state index contributed by atoms with van der Waals surface area (Å²) < 4.78 is 9.69. The van der Waals surface area contributed by atoms with Gasteiger partial charge in [-0.2, -0.15) is 0 Å². The first-order valence-electron chi connectivity index (χ1n) is 4.64. The van der Waals surface area contributed by atoms with Gasteiger partial charge in [-0.25, -0.2) is 0 Å². The van der Waals surface area contributed by atoms with Gasteiger partial charge < -0.3 is 9.47 Å². The van der Waals surface area contributed by atoms with Crippen LogP contribution < -0.4 is 4.74 Å². The molecule has 0 unspecified atom stereocenters. The quantitative estimate of drug-likeness (QED) is 0.709. The van der Waals surface area contributed by atoms with Gasteiger partial charge in [0.1, 0.15) is 5.75 Å². The molecule has 15 heavy (non-hydrogen) atoms. The Morgan fingerprint density at radius 2 is 2.07 bits per heavy atom. The first-order chi connectivity index (χ1) is 7.27. The highest BCUT2D eigenvalue weighted by Gasteiger charge is 1.98. The second kappa shape index (κ2) is 5.86. The average Bonchev–Trinajstić information content (AvgIpc) is 2.29. The number of hydrogen-bond donors (Lipinski definition) is 0. The molecule has 80 valence electrons. The molecule has 0 aromatic heterocycles. The number of hydrogen-bond acceptors (Lipinski definition) is 3. The van der Waals surface area contributed by atoms with Crippen molar-refractivity contribution < 1.29 is 14.3 Å². The normalized spacial score (nSPS) is 10.3. The maximum absolute atomic E-state index is 10.9. The van der Waals surface area contributed by atoms with Crippen LogP contribution in [0, 0.1) is 0 Å². The van der Waals surface area contributed by atoms with Crippen molar-refractivity contribution in [3.63, 3.8) is 0 Å². The lowest BCUT2D eigenvalue weighted by Gasteiger charge is -2.02. The van der Waals surface area contributed by atoms with Crippen molar-refractivity contribution in [3.05, 3.63) is 35.9 Å². The molecule has 0 saturated carbocycles. The van der Waals surface area contributed by atoms with Crippen LogP contribution in [0.15, 0.2) is 30.3 Å². The highest BCUT2D eigenvalue weighted by molar-refractivity contribution is 5.72. The summed E-state index contributed by atoms with van der Waals surface area (Å²) in [4.78, 5) is 10.9. The number of carbonyl (C=O) groups is 1. The van der Waals surface area contributed by atoms with E-state index in [1.54, 1.807) is 13.2 Å². The van der Waals surface area contributed by atoms with E-state index in [2.05, 4.69) is 4.74 Å². The number of para-hydroxylation sites is 1. The summed E-state index contributed by atoms with van der Waals surface area (Å²) in [6.07, 6.45) is 3.87. The zero-order chi connectivity index (χ0) is 11.1. The summed E-state index contributed by atoms with van der Waals surface area (Å²) in [7, 11) is 2.99. The molecule has 0 radical (unpaired) electrons. The highest BCUT2D eigenvalue weighted by Crippen LogP contribution is 2.18. The number of benzene rings is 1. The molecule has 3 nitrogen and oxygen atoms in total. The molecule has 0 aliphatic heterocycles. The van der Waals surface area contributed by atoms with E-state index in [-0.39, 0.29) is 12.4 Å². The van der Waals surface area contributed by atoms with Crippen molar-refractivity contribution in [1.82, 2.24) is 0 Å². The molecule has 1 aromatic rings. The molecule has 0 saturated heterocycles. The molecule has 0 bridgehead atoms. The van der Waals surface area contributed by atoms with Gasteiger partial charge in [-0.1, -0.05) is 30.4 Å². The van der Waals surface area contributed by atoms with Gasteiger partial charge in [-0.3, -0.25) is 4.79 Å². The number of esters is 1. The minimum absolute atomic E-state index is 0.249. The third-order valence-electron chi connectivity index (χ3n) is 1.95. The van der Waals surface area contributed by atoms with Crippen molar-refractivity contribution in [1.29, 1.82) is 0 Å². The number of methoxy groups -OCH3 is 2. The molecule has 0 aliphatic rings. The van der Waals surface area contributed by atoms with Crippen LogP contribution in [0.4, 0.5) is 0 Å². The largest absolute Gasteiger partial charge is 0.496 e. The lowest BCUT2D eigenvalue weighted by atomic mass is 10.2. The zero-order valence-corrected chi connectivity index (χ0v) is 8.90. The summed E-state index contributed by atoms with van der Waals surface area (Å²) in [6, 6.07) is 7.61. The fraction of sp³-hybridized carbons (Fsp3) is 0.250. The summed E-state index contributed by atoms with van der Waals surface area (Å²) in [5, 5.41) is 0. The predicted octanol–water partition coefficient (Wildman–Crippen LogP) is 2.27. The van der Waals surface area contributed by atoms with E-state index in [1.807, 2.05) is 30.3 Å². The van der Waals surface area contributed by atoms with Crippen LogP contribution in [0.1, 0.15) is 12.0 Å². The van der Waals surface area contributed by atoms with E-state index in [4.69, 9.17) is 4.74 Å². The smallest absolute Gasteiger partial charge is 0.309 e. The molecule has 0 N–H and O–H groups in total. The topological polar surface area (TPSA) is 35.5 Å². The average molecular weight is 206 g/mol. The Hall–Kier alpha value is -1.77. The third kappa shape index (κ3) is 3.46. The first kappa shape index (κ1) is 11.3. The van der Waals surface area contributed by atoms with E-state index in [9.17, 15) is 4.79 Å². The van der Waals surface area contributed by atoms with Gasteiger partial charge >= 0.3 is 5.97 Å². The Bertz CT molecular complexity index is 356. The van der Waals surface area contributed by atoms with Crippen LogP contribution in [0.5, 0.6) is 5.75 Å². The van der Waals surface area contributed by atoms with E-state index in [1.165, 1.54) is 7.11 Å². The van der Waals surface area contributed by atoms with Gasteiger partial charge in [-0.05, 0) is 6.07 Å². The van der Waals surface area contributed by atoms with E-state index >= 15 is 0 Å². The third-order valence-corrected chi connectivity index (χ3v) is 1.95. The molecule has 0 atom stereocenters. The Morgan fingerprint density at radius 1 is 1.33 bits per heavy atom. The summed E-state index contributed by atoms with van der Waals surface area (Å²) >= 11 is 0. The van der Waals surface area contributed by atoms with Crippen molar-refractivity contribution >= 4 is 12.0 Å². The second-order valence-electron chi connectivity index (χ2n) is 2.92. The van der Waals surface area contributed by atoms with Gasteiger partial charge in [0.2, 0.25) is 0 Å². The van der Waals surface area contributed by atoms with Crippen LogP contribution >= 0.6 is 0 Å². The van der Waals surface area contributed by atoms with E-state index in [0.29, 0.717) is 0 Å². The molecule has 0 fully saturated rings. The fourth-order valence-corrected chi connectivity index (χ4v) is 1.17. The Labute approximate surface area is 89.3 Å². The molecule has 3 heteroatoms. The summed E-state index contributed by atoms with van der Waals surface area (Å²) in [5.41, 5.74) is 0.948. The molecular weight excluding hydrogens is 192 g/mol.